The Morgan fingerprint density at radius 2 is 1.82 bits per heavy atom. The predicted molar refractivity (Wildman–Crippen MR) is 115 cm³/mol. The Kier molecular flexibility index (Phi) is 6.40. The average molecular weight is 474 g/mol. The molecule has 1 atom stereocenters. The SMILES string of the molecule is C[C@H](CNC(=O)c1nc(-c2ccccc2)cs1)Oc1ccc(-c2noc(C(F)(F)F)n2)cc1. The van der Waals surface area contributed by atoms with Gasteiger partial charge in [-0.15, -0.1) is 11.3 Å². The second-order valence-electron chi connectivity index (χ2n) is 6.99. The summed E-state index contributed by atoms with van der Waals surface area (Å²) in [5.74, 6) is -1.41. The molecule has 0 aliphatic carbocycles. The van der Waals surface area contributed by atoms with Gasteiger partial charge in [0.05, 0.1) is 12.2 Å². The van der Waals surface area contributed by atoms with Gasteiger partial charge in [-0.1, -0.05) is 35.5 Å². The Morgan fingerprint density at radius 3 is 2.48 bits per heavy atom. The molecule has 170 valence electrons. The molecule has 2 aromatic carbocycles. The predicted octanol–water partition coefficient (Wildman–Crippen LogP) is 5.08. The van der Waals surface area contributed by atoms with E-state index in [1.54, 1.807) is 19.1 Å². The second kappa shape index (κ2) is 9.41. The molecule has 7 nitrogen and oxygen atoms in total. The van der Waals surface area contributed by atoms with Gasteiger partial charge in [0.2, 0.25) is 5.82 Å². The molecule has 0 unspecified atom stereocenters. The lowest BCUT2D eigenvalue weighted by molar-refractivity contribution is -0.159. The summed E-state index contributed by atoms with van der Waals surface area (Å²) in [4.78, 5) is 20.1. The van der Waals surface area contributed by atoms with Gasteiger partial charge in [-0.25, -0.2) is 4.98 Å². The first-order chi connectivity index (χ1) is 15.8. The highest BCUT2D eigenvalue weighted by Gasteiger charge is 2.38. The van der Waals surface area contributed by atoms with E-state index in [-0.39, 0.29) is 24.4 Å². The van der Waals surface area contributed by atoms with Gasteiger partial charge in [-0.3, -0.25) is 4.79 Å². The average Bonchev–Trinajstić information content (AvgIpc) is 3.49. The number of carbonyl (C=O) groups is 1. The molecule has 0 spiro atoms. The van der Waals surface area contributed by atoms with E-state index in [1.807, 2.05) is 35.7 Å². The highest BCUT2D eigenvalue weighted by atomic mass is 32.1. The standard InChI is InChI=1S/C22H17F3N4O3S/c1-13(11-26-19(30)20-27-17(12-33-20)14-5-3-2-4-6-14)31-16-9-7-15(8-10-16)18-28-21(32-29-18)22(23,24)25/h2-10,12-13H,11H2,1H3,(H,26,30)/t13-/m1/s1. The number of rotatable bonds is 7. The minimum absolute atomic E-state index is 0.174. The molecular formula is C22H17F3N4O3S. The number of carbonyl (C=O) groups excluding carboxylic acids is 1. The smallest absolute Gasteiger partial charge is 0.471 e. The minimum atomic E-state index is -4.70. The fourth-order valence-corrected chi connectivity index (χ4v) is 3.59. The van der Waals surface area contributed by atoms with Gasteiger partial charge in [0.1, 0.15) is 11.9 Å². The number of benzene rings is 2. The van der Waals surface area contributed by atoms with Crippen LogP contribution in [0.25, 0.3) is 22.6 Å². The molecule has 4 aromatic rings. The van der Waals surface area contributed by atoms with Gasteiger partial charge in [-0.05, 0) is 31.2 Å². The number of halogens is 3. The van der Waals surface area contributed by atoms with Crippen molar-refractivity contribution in [3.05, 3.63) is 70.9 Å². The number of hydrogen-bond acceptors (Lipinski definition) is 7. The fraction of sp³-hybridized carbons (Fsp3) is 0.182. The fourth-order valence-electron chi connectivity index (χ4n) is 2.84. The first-order valence-electron chi connectivity index (χ1n) is 9.77. The summed E-state index contributed by atoms with van der Waals surface area (Å²) < 4.78 is 47.8. The maximum atomic E-state index is 12.6. The summed E-state index contributed by atoms with van der Waals surface area (Å²) in [6.07, 6.45) is -5.06. The molecule has 2 aromatic heterocycles. The third kappa shape index (κ3) is 5.55. The maximum absolute atomic E-state index is 12.6. The lowest BCUT2D eigenvalue weighted by Crippen LogP contribution is -2.33. The zero-order chi connectivity index (χ0) is 23.4. The van der Waals surface area contributed by atoms with Crippen molar-refractivity contribution in [3.8, 4) is 28.4 Å². The van der Waals surface area contributed by atoms with Gasteiger partial charge in [0.15, 0.2) is 5.01 Å². The molecule has 33 heavy (non-hydrogen) atoms. The van der Waals surface area contributed by atoms with E-state index < -0.39 is 12.1 Å². The monoisotopic (exact) mass is 474 g/mol. The highest BCUT2D eigenvalue weighted by Crippen LogP contribution is 2.30. The molecule has 2 heterocycles. The number of aromatic nitrogens is 3. The second-order valence-corrected chi connectivity index (χ2v) is 7.85. The minimum Gasteiger partial charge on any atom is -0.489 e. The molecule has 11 heteroatoms. The molecule has 0 bridgehead atoms. The van der Waals surface area contributed by atoms with E-state index in [0.29, 0.717) is 16.3 Å². The van der Waals surface area contributed by atoms with E-state index in [4.69, 9.17) is 4.74 Å². The van der Waals surface area contributed by atoms with E-state index in [2.05, 4.69) is 25.0 Å². The molecule has 0 radical (unpaired) electrons. The van der Waals surface area contributed by atoms with Crippen molar-refractivity contribution in [2.24, 2.45) is 0 Å². The molecule has 0 aliphatic heterocycles. The third-order valence-electron chi connectivity index (χ3n) is 4.44. The van der Waals surface area contributed by atoms with Crippen molar-refractivity contribution < 1.29 is 27.2 Å². The Morgan fingerprint density at radius 1 is 1.09 bits per heavy atom. The molecular weight excluding hydrogens is 457 g/mol. The van der Waals surface area contributed by atoms with Gasteiger partial charge < -0.3 is 14.6 Å². The summed E-state index contributed by atoms with van der Waals surface area (Å²) in [6.45, 7) is 2.01. The number of amides is 1. The molecule has 0 saturated carbocycles. The van der Waals surface area contributed by atoms with Crippen LogP contribution < -0.4 is 10.1 Å². The molecule has 1 amide bonds. The number of thiazole rings is 1. The molecule has 0 saturated heterocycles. The van der Waals surface area contributed by atoms with Crippen LogP contribution in [0.1, 0.15) is 22.6 Å². The molecule has 0 fully saturated rings. The lowest BCUT2D eigenvalue weighted by atomic mass is 10.2. The van der Waals surface area contributed by atoms with Crippen LogP contribution in [0.4, 0.5) is 13.2 Å². The summed E-state index contributed by atoms with van der Waals surface area (Å²) in [6, 6.07) is 15.8. The van der Waals surface area contributed by atoms with Gasteiger partial charge in [-0.2, -0.15) is 18.2 Å². The normalized spacial score (nSPS) is 12.4. The molecule has 4 rings (SSSR count). The van der Waals surface area contributed by atoms with Crippen LogP contribution in [0.3, 0.4) is 0 Å². The lowest BCUT2D eigenvalue weighted by Gasteiger charge is -2.15. The maximum Gasteiger partial charge on any atom is 0.471 e. The number of alkyl halides is 3. The van der Waals surface area contributed by atoms with Crippen LogP contribution in [0.15, 0.2) is 64.5 Å². The van der Waals surface area contributed by atoms with Crippen molar-refractivity contribution in [2.45, 2.75) is 19.2 Å². The molecule has 1 N–H and O–H groups in total. The number of nitrogens with one attached hydrogen (secondary N) is 1. The van der Waals surface area contributed by atoms with Gasteiger partial charge in [0.25, 0.3) is 5.91 Å². The Labute approximate surface area is 190 Å². The van der Waals surface area contributed by atoms with Crippen LogP contribution >= 0.6 is 11.3 Å². The van der Waals surface area contributed by atoms with E-state index >= 15 is 0 Å². The quantitative estimate of drug-likeness (QED) is 0.402. The van der Waals surface area contributed by atoms with Crippen molar-refractivity contribution in [3.63, 3.8) is 0 Å². The Balaban J connectivity index is 1.30. The van der Waals surface area contributed by atoms with Crippen LogP contribution in [-0.4, -0.2) is 33.7 Å². The Bertz CT molecular complexity index is 1220. The molecule has 0 aliphatic rings. The van der Waals surface area contributed by atoms with Crippen LogP contribution in [0, 0.1) is 0 Å². The van der Waals surface area contributed by atoms with Crippen LogP contribution in [-0.2, 0) is 6.18 Å². The third-order valence-corrected chi connectivity index (χ3v) is 5.28. The number of ether oxygens (including phenoxy) is 1. The van der Waals surface area contributed by atoms with Crippen molar-refractivity contribution >= 4 is 17.2 Å². The van der Waals surface area contributed by atoms with E-state index in [9.17, 15) is 18.0 Å². The zero-order valence-corrected chi connectivity index (χ0v) is 18.0. The summed E-state index contributed by atoms with van der Waals surface area (Å²) in [7, 11) is 0. The van der Waals surface area contributed by atoms with Crippen LogP contribution in [0.5, 0.6) is 5.75 Å². The summed E-state index contributed by atoms with van der Waals surface area (Å²) in [5, 5.41) is 8.30. The highest BCUT2D eigenvalue weighted by molar-refractivity contribution is 7.12. The van der Waals surface area contributed by atoms with Crippen LogP contribution in [0.2, 0.25) is 0 Å². The summed E-state index contributed by atoms with van der Waals surface area (Å²) >= 11 is 1.26. The van der Waals surface area contributed by atoms with E-state index in [1.165, 1.54) is 23.5 Å². The zero-order valence-electron chi connectivity index (χ0n) is 17.2. The number of nitrogens with zero attached hydrogens (tertiary/aromatic N) is 3. The van der Waals surface area contributed by atoms with Crippen molar-refractivity contribution in [1.82, 2.24) is 20.4 Å². The van der Waals surface area contributed by atoms with Gasteiger partial charge >= 0.3 is 12.1 Å². The van der Waals surface area contributed by atoms with E-state index in [0.717, 1.165) is 11.3 Å². The topological polar surface area (TPSA) is 90.1 Å². The van der Waals surface area contributed by atoms with Gasteiger partial charge in [0, 0.05) is 16.5 Å². The van der Waals surface area contributed by atoms with Crippen molar-refractivity contribution in [2.75, 3.05) is 6.54 Å². The largest absolute Gasteiger partial charge is 0.489 e. The van der Waals surface area contributed by atoms with Crippen molar-refractivity contribution in [1.29, 1.82) is 0 Å². The Hall–Kier alpha value is -3.73. The first-order valence-corrected chi connectivity index (χ1v) is 10.6. The first kappa shape index (κ1) is 22.5. The number of hydrogen-bond donors (Lipinski definition) is 1. The summed E-state index contributed by atoms with van der Waals surface area (Å²) in [5.41, 5.74) is 2.02.